The second-order valence-electron chi connectivity index (χ2n) is 3.39. The molecule has 4 nitrogen and oxygen atoms in total. The second-order valence-corrected chi connectivity index (χ2v) is 4.58. The number of aromatic nitrogens is 2. The molecule has 80 valence electrons. The summed E-state index contributed by atoms with van der Waals surface area (Å²) in [7, 11) is 0. The molecule has 6 heteroatoms. The fraction of sp³-hybridized carbons (Fsp3) is 0.444. The second kappa shape index (κ2) is 4.45. The van der Waals surface area contributed by atoms with Crippen LogP contribution in [0.25, 0.3) is 0 Å². The number of anilines is 1. The van der Waals surface area contributed by atoms with Gasteiger partial charge in [0.25, 0.3) is 0 Å². The first-order chi connectivity index (χ1) is 7.16. The van der Waals surface area contributed by atoms with Gasteiger partial charge in [0.1, 0.15) is 5.82 Å². The summed E-state index contributed by atoms with van der Waals surface area (Å²) in [5, 5.41) is 3.24. The molecule has 0 bridgehead atoms. The monoisotopic (exact) mass is 289 g/mol. The van der Waals surface area contributed by atoms with Crippen molar-refractivity contribution in [1.82, 2.24) is 9.97 Å². The normalized spacial score (nSPS) is 20.7. The Morgan fingerprint density at radius 3 is 3.07 bits per heavy atom. The van der Waals surface area contributed by atoms with Crippen LogP contribution in [-0.2, 0) is 4.79 Å². The lowest BCUT2D eigenvalue weighted by Gasteiger charge is -2.12. The number of hydrogen-bond acceptors (Lipinski definition) is 4. The molecular formula is C9H9BrClN3O. The van der Waals surface area contributed by atoms with Gasteiger partial charge in [-0.25, -0.2) is 4.98 Å². The summed E-state index contributed by atoms with van der Waals surface area (Å²) >= 11 is 8.97. The number of halogens is 2. The van der Waals surface area contributed by atoms with Crippen LogP contribution in [-0.4, -0.2) is 21.8 Å². The predicted molar refractivity (Wildman–Crippen MR) is 61.0 cm³/mol. The maximum Gasteiger partial charge on any atom is 0.224 e. The molecule has 1 aromatic heterocycles. The lowest BCUT2D eigenvalue weighted by Crippen LogP contribution is -2.24. The van der Waals surface area contributed by atoms with Gasteiger partial charge in [0.2, 0.25) is 5.28 Å². The Bertz CT molecular complexity index is 399. The van der Waals surface area contributed by atoms with E-state index in [0.717, 1.165) is 12.8 Å². The highest BCUT2D eigenvalue weighted by Gasteiger charge is 2.25. The average molecular weight is 291 g/mol. The van der Waals surface area contributed by atoms with Gasteiger partial charge >= 0.3 is 0 Å². The number of Topliss-reactive ketones (excluding diaryl/α,β-unsaturated/α-hetero) is 1. The molecular weight excluding hydrogens is 281 g/mol. The minimum atomic E-state index is -0.132. The lowest BCUT2D eigenvalue weighted by atomic mass is 10.2. The molecule has 1 aliphatic carbocycles. The molecule has 1 heterocycles. The van der Waals surface area contributed by atoms with Crippen molar-refractivity contribution in [2.45, 2.75) is 25.3 Å². The van der Waals surface area contributed by atoms with E-state index in [1.165, 1.54) is 0 Å². The minimum absolute atomic E-state index is 0.132. The first-order valence-electron chi connectivity index (χ1n) is 4.64. The third-order valence-electron chi connectivity index (χ3n) is 2.33. The number of nitrogens with zero attached hydrogens (tertiary/aromatic N) is 2. The highest BCUT2D eigenvalue weighted by atomic mass is 79.9. The van der Waals surface area contributed by atoms with E-state index in [0.29, 0.717) is 16.7 Å². The third kappa shape index (κ3) is 2.46. The van der Waals surface area contributed by atoms with E-state index in [4.69, 9.17) is 11.6 Å². The fourth-order valence-electron chi connectivity index (χ4n) is 1.58. The molecule has 1 aliphatic rings. The predicted octanol–water partition coefficient (Wildman–Crippen LogP) is 2.43. The topological polar surface area (TPSA) is 54.9 Å². The van der Waals surface area contributed by atoms with E-state index in [9.17, 15) is 4.79 Å². The summed E-state index contributed by atoms with van der Waals surface area (Å²) in [6.45, 7) is 0. The Balaban J connectivity index is 2.16. The number of carbonyl (C=O) groups is 1. The molecule has 1 atom stereocenters. The van der Waals surface area contributed by atoms with Gasteiger partial charge in [0.15, 0.2) is 5.78 Å². The highest BCUT2D eigenvalue weighted by molar-refractivity contribution is 9.10. The molecule has 0 spiro atoms. The third-order valence-corrected chi connectivity index (χ3v) is 3.09. The largest absolute Gasteiger partial charge is 0.359 e. The van der Waals surface area contributed by atoms with E-state index in [1.807, 2.05) is 0 Å². The summed E-state index contributed by atoms with van der Waals surface area (Å²) in [5.41, 5.74) is 0. The number of hydrogen-bond donors (Lipinski definition) is 1. The van der Waals surface area contributed by atoms with Gasteiger partial charge < -0.3 is 5.32 Å². The minimum Gasteiger partial charge on any atom is -0.359 e. The van der Waals surface area contributed by atoms with Gasteiger partial charge in [-0.3, -0.25) is 4.79 Å². The Hall–Kier alpha value is -0.680. The first kappa shape index (κ1) is 10.8. The van der Waals surface area contributed by atoms with Crippen LogP contribution in [0.5, 0.6) is 0 Å². The van der Waals surface area contributed by atoms with Crippen molar-refractivity contribution in [2.24, 2.45) is 0 Å². The van der Waals surface area contributed by atoms with Crippen molar-refractivity contribution in [2.75, 3.05) is 5.32 Å². The van der Waals surface area contributed by atoms with Crippen LogP contribution < -0.4 is 5.32 Å². The number of ketones is 1. The summed E-state index contributed by atoms with van der Waals surface area (Å²) < 4.78 is 0.714. The molecule has 0 amide bonds. The van der Waals surface area contributed by atoms with Crippen LogP contribution in [0.4, 0.5) is 5.82 Å². The van der Waals surface area contributed by atoms with Gasteiger partial charge in [-0.05, 0) is 40.4 Å². The van der Waals surface area contributed by atoms with Crippen LogP contribution in [0.1, 0.15) is 19.3 Å². The van der Waals surface area contributed by atoms with Crippen LogP contribution >= 0.6 is 27.5 Å². The SMILES string of the molecule is O=C1CCC[C@@H]1Nc1nc(Cl)ncc1Br. The quantitative estimate of drug-likeness (QED) is 0.850. The smallest absolute Gasteiger partial charge is 0.224 e. The molecule has 1 N–H and O–H groups in total. The molecule has 2 rings (SSSR count). The molecule has 0 unspecified atom stereocenters. The molecule has 0 radical (unpaired) electrons. The van der Waals surface area contributed by atoms with Crippen LogP contribution in [0.15, 0.2) is 10.7 Å². The lowest BCUT2D eigenvalue weighted by molar-refractivity contribution is -0.118. The van der Waals surface area contributed by atoms with E-state index < -0.39 is 0 Å². The van der Waals surface area contributed by atoms with Crippen LogP contribution in [0.2, 0.25) is 5.28 Å². The number of carbonyl (C=O) groups excluding carboxylic acids is 1. The number of nitrogens with one attached hydrogen (secondary N) is 1. The van der Waals surface area contributed by atoms with Gasteiger partial charge in [0, 0.05) is 12.6 Å². The van der Waals surface area contributed by atoms with Crippen LogP contribution in [0.3, 0.4) is 0 Å². The molecule has 1 saturated carbocycles. The highest BCUT2D eigenvalue weighted by Crippen LogP contribution is 2.24. The summed E-state index contributed by atoms with van der Waals surface area (Å²) in [5.74, 6) is 0.812. The van der Waals surface area contributed by atoms with Crippen molar-refractivity contribution < 1.29 is 4.79 Å². The Morgan fingerprint density at radius 2 is 2.40 bits per heavy atom. The zero-order chi connectivity index (χ0) is 10.8. The Labute approximate surface area is 101 Å². The Morgan fingerprint density at radius 1 is 1.60 bits per heavy atom. The average Bonchev–Trinajstić information content (AvgIpc) is 2.58. The maximum atomic E-state index is 11.4. The van der Waals surface area contributed by atoms with E-state index >= 15 is 0 Å². The van der Waals surface area contributed by atoms with Gasteiger partial charge in [-0.2, -0.15) is 4.98 Å². The fourth-order valence-corrected chi connectivity index (χ4v) is 2.02. The zero-order valence-corrected chi connectivity index (χ0v) is 10.2. The summed E-state index contributed by atoms with van der Waals surface area (Å²) in [6.07, 6.45) is 4.00. The Kier molecular flexibility index (Phi) is 3.21. The molecule has 0 aliphatic heterocycles. The van der Waals surface area contributed by atoms with Crippen molar-refractivity contribution >= 4 is 39.1 Å². The van der Waals surface area contributed by atoms with Gasteiger partial charge in [0.05, 0.1) is 10.5 Å². The van der Waals surface area contributed by atoms with Gasteiger partial charge in [-0.1, -0.05) is 0 Å². The van der Waals surface area contributed by atoms with Crippen molar-refractivity contribution in [1.29, 1.82) is 0 Å². The molecule has 0 saturated heterocycles. The van der Waals surface area contributed by atoms with E-state index in [2.05, 4.69) is 31.2 Å². The van der Waals surface area contributed by atoms with Crippen molar-refractivity contribution in [3.05, 3.63) is 16.0 Å². The van der Waals surface area contributed by atoms with Gasteiger partial charge in [-0.15, -0.1) is 0 Å². The molecule has 1 fully saturated rings. The molecule has 15 heavy (non-hydrogen) atoms. The summed E-state index contributed by atoms with van der Waals surface area (Å²) in [4.78, 5) is 19.3. The maximum absolute atomic E-state index is 11.4. The van der Waals surface area contributed by atoms with E-state index in [1.54, 1.807) is 6.20 Å². The van der Waals surface area contributed by atoms with Crippen molar-refractivity contribution in [3.8, 4) is 0 Å². The first-order valence-corrected chi connectivity index (χ1v) is 5.81. The standard InChI is InChI=1S/C9H9BrClN3O/c10-5-4-12-9(11)14-8(5)13-6-2-1-3-7(6)15/h4,6H,1-3H2,(H,12,13,14)/t6-/m0/s1. The summed E-state index contributed by atoms with van der Waals surface area (Å²) in [6, 6.07) is -0.132. The van der Waals surface area contributed by atoms with E-state index in [-0.39, 0.29) is 17.1 Å². The van der Waals surface area contributed by atoms with Crippen LogP contribution in [0, 0.1) is 0 Å². The zero-order valence-electron chi connectivity index (χ0n) is 7.83. The number of rotatable bonds is 2. The molecule has 1 aromatic rings. The van der Waals surface area contributed by atoms with Crippen molar-refractivity contribution in [3.63, 3.8) is 0 Å². The molecule has 0 aromatic carbocycles.